The van der Waals surface area contributed by atoms with Crippen molar-refractivity contribution in [3.05, 3.63) is 40.3 Å². The minimum absolute atomic E-state index is 0.0408. The van der Waals surface area contributed by atoms with Crippen molar-refractivity contribution in [1.82, 2.24) is 15.1 Å². The maximum Gasteiger partial charge on any atom is 0.418 e. The fourth-order valence-corrected chi connectivity index (χ4v) is 2.01. The molecule has 0 bridgehead atoms. The van der Waals surface area contributed by atoms with Crippen molar-refractivity contribution < 1.29 is 23.1 Å². The van der Waals surface area contributed by atoms with Crippen LogP contribution >= 0.6 is 0 Å². The van der Waals surface area contributed by atoms with Gasteiger partial charge in [-0.3, -0.25) is 9.59 Å². The number of halogens is 3. The van der Waals surface area contributed by atoms with Crippen molar-refractivity contribution in [1.29, 1.82) is 0 Å². The Labute approximate surface area is 128 Å². The van der Waals surface area contributed by atoms with Crippen LogP contribution in [0.3, 0.4) is 0 Å². The summed E-state index contributed by atoms with van der Waals surface area (Å²) in [5, 5.41) is 15.8. The summed E-state index contributed by atoms with van der Waals surface area (Å²) in [6.45, 7) is -0.583. The Balaban J connectivity index is 2.69. The minimum atomic E-state index is -4.95. The number of aromatic nitrogens is 2. The van der Waals surface area contributed by atoms with Gasteiger partial charge in [-0.1, -0.05) is 18.2 Å². The van der Waals surface area contributed by atoms with Crippen molar-refractivity contribution in [2.24, 2.45) is 0 Å². The number of hydrogen-bond acceptors (Lipinski definition) is 4. The van der Waals surface area contributed by atoms with Crippen LogP contribution in [0.2, 0.25) is 0 Å². The molecule has 2 N–H and O–H groups in total. The first-order valence-electron chi connectivity index (χ1n) is 6.59. The van der Waals surface area contributed by atoms with Crippen LogP contribution in [-0.2, 0) is 6.54 Å². The van der Waals surface area contributed by atoms with Gasteiger partial charge in [0.2, 0.25) is 0 Å². The van der Waals surface area contributed by atoms with Crippen LogP contribution in [0.5, 0.6) is 0 Å². The molecule has 9 heteroatoms. The number of nitrogens with zero attached hydrogens (tertiary/aromatic N) is 2. The Morgan fingerprint density at radius 3 is 2.39 bits per heavy atom. The van der Waals surface area contributed by atoms with Gasteiger partial charge in [0, 0.05) is 12.4 Å². The number of amides is 1. The average Bonchev–Trinajstić information content (AvgIpc) is 2.48. The first kappa shape index (κ1) is 16.9. The van der Waals surface area contributed by atoms with Crippen molar-refractivity contribution in [3.63, 3.8) is 0 Å². The SMILES string of the molecule is CNC(=O)c1nn(C[C@](C)(O)C(F)(F)F)c(=O)c2ccccc12. The Bertz CT molecular complexity index is 812. The molecule has 6 nitrogen and oxygen atoms in total. The average molecular weight is 329 g/mol. The summed E-state index contributed by atoms with van der Waals surface area (Å²) in [4.78, 5) is 24.2. The summed E-state index contributed by atoms with van der Waals surface area (Å²) in [6, 6.07) is 5.95. The molecule has 0 radical (unpaired) electrons. The zero-order valence-electron chi connectivity index (χ0n) is 12.3. The largest absolute Gasteiger partial charge is 0.418 e. The smallest absolute Gasteiger partial charge is 0.379 e. The number of rotatable bonds is 3. The molecule has 1 aromatic heterocycles. The first-order chi connectivity index (χ1) is 10.6. The van der Waals surface area contributed by atoms with Crippen LogP contribution in [0, 0.1) is 0 Å². The molecule has 2 aromatic rings. The highest BCUT2D eigenvalue weighted by Crippen LogP contribution is 2.31. The van der Waals surface area contributed by atoms with Crippen molar-refractivity contribution in [2.75, 3.05) is 7.05 Å². The van der Waals surface area contributed by atoms with Crippen LogP contribution in [0.25, 0.3) is 10.8 Å². The number of nitrogens with one attached hydrogen (secondary N) is 1. The standard InChI is InChI=1S/C14H14F3N3O3/c1-13(23,14(15,16)17)7-20-12(22)9-6-4-3-5-8(9)10(19-20)11(21)18-2/h3-6,23H,7H2,1-2H3,(H,18,21)/t13-/m0/s1. The number of benzene rings is 1. The van der Waals surface area contributed by atoms with Gasteiger partial charge in [-0.25, -0.2) is 4.68 Å². The van der Waals surface area contributed by atoms with Gasteiger partial charge in [-0.2, -0.15) is 18.3 Å². The zero-order valence-corrected chi connectivity index (χ0v) is 12.3. The van der Waals surface area contributed by atoms with Crippen molar-refractivity contribution in [2.45, 2.75) is 25.2 Å². The molecule has 0 spiro atoms. The van der Waals surface area contributed by atoms with E-state index in [1.165, 1.54) is 25.2 Å². The fraction of sp³-hybridized carbons (Fsp3) is 0.357. The molecular formula is C14H14F3N3O3. The number of fused-ring (bicyclic) bond motifs is 1. The van der Waals surface area contributed by atoms with Gasteiger partial charge in [0.15, 0.2) is 11.3 Å². The summed E-state index contributed by atoms with van der Waals surface area (Å²) in [6.07, 6.45) is -4.95. The molecule has 1 heterocycles. The van der Waals surface area contributed by atoms with Gasteiger partial charge >= 0.3 is 6.18 Å². The van der Waals surface area contributed by atoms with E-state index in [9.17, 15) is 27.9 Å². The second-order valence-corrected chi connectivity index (χ2v) is 5.21. The second-order valence-electron chi connectivity index (χ2n) is 5.21. The van der Waals surface area contributed by atoms with Gasteiger partial charge < -0.3 is 10.4 Å². The van der Waals surface area contributed by atoms with Crippen LogP contribution in [0.15, 0.2) is 29.1 Å². The third-order valence-corrected chi connectivity index (χ3v) is 3.38. The Kier molecular flexibility index (Phi) is 4.16. The molecule has 23 heavy (non-hydrogen) atoms. The molecular weight excluding hydrogens is 315 g/mol. The third kappa shape index (κ3) is 3.04. The first-order valence-corrected chi connectivity index (χ1v) is 6.59. The number of carbonyl (C=O) groups excluding carboxylic acids is 1. The summed E-state index contributed by atoms with van der Waals surface area (Å²) in [5.41, 5.74) is -4.18. The molecule has 0 aliphatic carbocycles. The van der Waals surface area contributed by atoms with Gasteiger partial charge in [-0.15, -0.1) is 0 Å². The maximum absolute atomic E-state index is 12.8. The second kappa shape index (κ2) is 5.65. The van der Waals surface area contributed by atoms with Gasteiger partial charge in [-0.05, 0) is 13.0 Å². The van der Waals surface area contributed by atoms with Gasteiger partial charge in [0.25, 0.3) is 11.5 Å². The van der Waals surface area contributed by atoms with E-state index in [0.29, 0.717) is 11.6 Å². The van der Waals surface area contributed by atoms with E-state index in [-0.39, 0.29) is 16.5 Å². The highest BCUT2D eigenvalue weighted by atomic mass is 19.4. The van der Waals surface area contributed by atoms with Crippen molar-refractivity contribution >= 4 is 16.7 Å². The Morgan fingerprint density at radius 1 is 1.30 bits per heavy atom. The topological polar surface area (TPSA) is 84.2 Å². The highest BCUT2D eigenvalue weighted by Gasteiger charge is 2.50. The summed E-state index contributed by atoms with van der Waals surface area (Å²) in [7, 11) is 1.33. The molecule has 1 aromatic carbocycles. The number of hydrogen-bond donors (Lipinski definition) is 2. The van der Waals surface area contributed by atoms with Crippen LogP contribution in [0.4, 0.5) is 13.2 Å². The molecule has 0 saturated heterocycles. The van der Waals surface area contributed by atoms with Crippen molar-refractivity contribution in [3.8, 4) is 0 Å². The monoisotopic (exact) mass is 329 g/mol. The van der Waals surface area contributed by atoms with E-state index < -0.39 is 29.8 Å². The van der Waals surface area contributed by atoms with Crippen LogP contribution in [-0.4, -0.2) is 39.6 Å². The lowest BCUT2D eigenvalue weighted by Crippen LogP contribution is -2.48. The van der Waals surface area contributed by atoms with E-state index in [2.05, 4.69) is 10.4 Å². The number of carbonyl (C=O) groups is 1. The summed E-state index contributed by atoms with van der Waals surface area (Å²) in [5.74, 6) is -0.651. The molecule has 1 atom stereocenters. The lowest BCUT2D eigenvalue weighted by atomic mass is 10.1. The van der Waals surface area contributed by atoms with Gasteiger partial charge in [0.05, 0.1) is 11.9 Å². The minimum Gasteiger partial charge on any atom is -0.379 e. The predicted octanol–water partition coefficient (Wildman–Crippen LogP) is 1.07. The molecule has 1 amide bonds. The Morgan fingerprint density at radius 2 is 1.87 bits per heavy atom. The summed E-state index contributed by atoms with van der Waals surface area (Å²) < 4.78 is 38.9. The van der Waals surface area contributed by atoms with E-state index in [1.54, 1.807) is 6.07 Å². The molecule has 0 saturated carbocycles. The molecule has 0 aliphatic rings. The van der Waals surface area contributed by atoms with Gasteiger partial charge in [0.1, 0.15) is 0 Å². The number of aliphatic hydroxyl groups is 1. The molecule has 0 fully saturated rings. The van der Waals surface area contributed by atoms with E-state index in [1.807, 2.05) is 0 Å². The zero-order chi connectivity index (χ0) is 17.4. The van der Waals surface area contributed by atoms with Crippen LogP contribution in [0.1, 0.15) is 17.4 Å². The quantitative estimate of drug-likeness (QED) is 0.882. The van der Waals surface area contributed by atoms with E-state index in [4.69, 9.17) is 0 Å². The lowest BCUT2D eigenvalue weighted by molar-refractivity contribution is -0.258. The van der Waals surface area contributed by atoms with E-state index in [0.717, 1.165) is 0 Å². The highest BCUT2D eigenvalue weighted by molar-refractivity contribution is 6.04. The third-order valence-electron chi connectivity index (χ3n) is 3.38. The fourth-order valence-electron chi connectivity index (χ4n) is 2.01. The molecule has 124 valence electrons. The normalized spacial score (nSPS) is 14.5. The van der Waals surface area contributed by atoms with E-state index >= 15 is 0 Å². The Hall–Kier alpha value is -2.42. The lowest BCUT2D eigenvalue weighted by Gasteiger charge is -2.26. The maximum atomic E-state index is 12.8. The summed E-state index contributed by atoms with van der Waals surface area (Å²) >= 11 is 0. The predicted molar refractivity (Wildman–Crippen MR) is 76.1 cm³/mol. The molecule has 0 aliphatic heterocycles. The van der Waals surface area contributed by atoms with Crippen LogP contribution < -0.4 is 10.9 Å². The molecule has 0 unspecified atom stereocenters. The number of alkyl halides is 3. The molecule has 2 rings (SSSR count).